The van der Waals surface area contributed by atoms with Crippen LogP contribution in [0.15, 0.2) is 24.3 Å². The minimum atomic E-state index is -0.0857. The molecule has 1 N–H and O–H groups in total. The van der Waals surface area contributed by atoms with Gasteiger partial charge in [-0.2, -0.15) is 0 Å². The van der Waals surface area contributed by atoms with Crippen LogP contribution in [0.4, 0.5) is 4.79 Å². The third kappa shape index (κ3) is 3.19. The van der Waals surface area contributed by atoms with E-state index in [1.165, 1.54) is 0 Å². The van der Waals surface area contributed by atoms with Crippen LogP contribution in [0.3, 0.4) is 0 Å². The third-order valence-electron chi connectivity index (χ3n) is 3.48. The van der Waals surface area contributed by atoms with Gasteiger partial charge in [0, 0.05) is 17.6 Å². The number of hydrogen-bond acceptors (Lipinski definition) is 2. The fraction of sp³-hybridized carbons (Fsp3) is 0.500. The van der Waals surface area contributed by atoms with Crippen LogP contribution in [0.25, 0.3) is 0 Å². The van der Waals surface area contributed by atoms with E-state index in [0.29, 0.717) is 30.8 Å². The molecule has 1 heterocycles. The maximum atomic E-state index is 12.0. The Labute approximate surface area is 117 Å². The van der Waals surface area contributed by atoms with Gasteiger partial charge in [0.2, 0.25) is 0 Å². The molecule has 1 saturated carbocycles. The van der Waals surface area contributed by atoms with E-state index in [9.17, 15) is 4.79 Å². The van der Waals surface area contributed by atoms with Gasteiger partial charge in [0.05, 0.1) is 13.2 Å². The van der Waals surface area contributed by atoms with E-state index in [1.54, 1.807) is 0 Å². The van der Waals surface area contributed by atoms with Crippen molar-refractivity contribution in [3.8, 4) is 0 Å². The molecule has 2 aliphatic rings. The zero-order valence-corrected chi connectivity index (χ0v) is 11.4. The quantitative estimate of drug-likeness (QED) is 0.905. The van der Waals surface area contributed by atoms with E-state index < -0.39 is 0 Å². The van der Waals surface area contributed by atoms with Gasteiger partial charge in [-0.1, -0.05) is 23.7 Å². The monoisotopic (exact) mass is 280 g/mol. The molecule has 102 valence electrons. The molecule has 0 spiro atoms. The van der Waals surface area contributed by atoms with Crippen LogP contribution in [0, 0.1) is 0 Å². The van der Waals surface area contributed by atoms with Gasteiger partial charge in [0.25, 0.3) is 0 Å². The summed E-state index contributed by atoms with van der Waals surface area (Å²) < 4.78 is 5.74. The summed E-state index contributed by atoms with van der Waals surface area (Å²) in [5.41, 5.74) is 1.02. The van der Waals surface area contributed by atoms with Crippen molar-refractivity contribution in [2.75, 3.05) is 19.7 Å². The minimum absolute atomic E-state index is 0.0258. The Bertz CT molecular complexity index is 476. The Kier molecular flexibility index (Phi) is 3.62. The average Bonchev–Trinajstić information content (AvgIpc) is 3.23. The van der Waals surface area contributed by atoms with Crippen LogP contribution in [-0.2, 0) is 4.74 Å². The van der Waals surface area contributed by atoms with E-state index in [0.717, 1.165) is 18.4 Å². The number of amides is 2. The fourth-order valence-electron chi connectivity index (χ4n) is 2.24. The number of benzene rings is 1. The molecular weight excluding hydrogens is 264 g/mol. The molecule has 0 aromatic heterocycles. The largest absolute Gasteiger partial charge is 0.370 e. The van der Waals surface area contributed by atoms with Gasteiger partial charge in [-0.3, -0.25) is 0 Å². The lowest BCUT2D eigenvalue weighted by atomic mass is 10.1. The van der Waals surface area contributed by atoms with Crippen molar-refractivity contribution in [1.82, 2.24) is 10.2 Å². The predicted molar refractivity (Wildman–Crippen MR) is 73.3 cm³/mol. The number of halogens is 1. The number of nitrogens with zero attached hydrogens (tertiary/aromatic N) is 1. The normalized spacial score (nSPS) is 23.2. The van der Waals surface area contributed by atoms with Gasteiger partial charge in [0.1, 0.15) is 6.10 Å². The molecule has 1 aromatic carbocycles. The molecule has 4 nitrogen and oxygen atoms in total. The molecule has 5 heteroatoms. The second-order valence-electron chi connectivity index (χ2n) is 5.08. The number of urea groups is 1. The Morgan fingerprint density at radius 1 is 1.42 bits per heavy atom. The van der Waals surface area contributed by atoms with Crippen LogP contribution in [0.1, 0.15) is 24.5 Å². The molecule has 1 aliphatic heterocycles. The van der Waals surface area contributed by atoms with E-state index in [1.807, 2.05) is 29.2 Å². The van der Waals surface area contributed by atoms with Gasteiger partial charge in [-0.05, 0) is 30.5 Å². The van der Waals surface area contributed by atoms with E-state index in [4.69, 9.17) is 16.3 Å². The summed E-state index contributed by atoms with van der Waals surface area (Å²) in [6.07, 6.45) is 2.12. The molecular formula is C14H17ClN2O2. The summed E-state index contributed by atoms with van der Waals surface area (Å²) in [6.45, 7) is 1.80. The predicted octanol–water partition coefficient (Wildman–Crippen LogP) is 2.59. The van der Waals surface area contributed by atoms with Crippen molar-refractivity contribution < 1.29 is 9.53 Å². The van der Waals surface area contributed by atoms with Gasteiger partial charge in [-0.15, -0.1) is 0 Å². The highest BCUT2D eigenvalue weighted by Crippen LogP contribution is 2.25. The zero-order valence-electron chi connectivity index (χ0n) is 10.6. The topological polar surface area (TPSA) is 41.6 Å². The summed E-state index contributed by atoms with van der Waals surface area (Å²) in [6, 6.07) is 8.04. The fourth-order valence-corrected chi connectivity index (χ4v) is 2.43. The molecule has 0 radical (unpaired) electrons. The van der Waals surface area contributed by atoms with Gasteiger partial charge < -0.3 is 15.0 Å². The number of rotatable bonds is 2. The SMILES string of the molecule is O=C(NC1CC1)N1CCOC(c2cccc(Cl)c2)C1. The number of hydrogen-bond donors (Lipinski definition) is 1. The van der Waals surface area contributed by atoms with Gasteiger partial charge >= 0.3 is 6.03 Å². The van der Waals surface area contributed by atoms with Crippen molar-refractivity contribution >= 4 is 17.6 Å². The molecule has 1 saturated heterocycles. The van der Waals surface area contributed by atoms with Crippen molar-refractivity contribution in [3.63, 3.8) is 0 Å². The molecule has 1 atom stereocenters. The molecule has 0 bridgehead atoms. The highest BCUT2D eigenvalue weighted by Gasteiger charge is 2.29. The summed E-state index contributed by atoms with van der Waals surface area (Å²) in [7, 11) is 0. The summed E-state index contributed by atoms with van der Waals surface area (Å²) >= 11 is 5.99. The van der Waals surface area contributed by atoms with Gasteiger partial charge in [-0.25, -0.2) is 4.79 Å². The van der Waals surface area contributed by atoms with Crippen molar-refractivity contribution in [2.45, 2.75) is 25.0 Å². The van der Waals surface area contributed by atoms with Crippen molar-refractivity contribution in [3.05, 3.63) is 34.9 Å². The van der Waals surface area contributed by atoms with Crippen LogP contribution in [0.5, 0.6) is 0 Å². The van der Waals surface area contributed by atoms with E-state index in [-0.39, 0.29) is 12.1 Å². The first-order valence-corrected chi connectivity index (χ1v) is 7.02. The van der Waals surface area contributed by atoms with Crippen LogP contribution < -0.4 is 5.32 Å². The van der Waals surface area contributed by atoms with Crippen LogP contribution >= 0.6 is 11.6 Å². The van der Waals surface area contributed by atoms with Gasteiger partial charge in [0.15, 0.2) is 0 Å². The summed E-state index contributed by atoms with van der Waals surface area (Å²) in [4.78, 5) is 13.9. The smallest absolute Gasteiger partial charge is 0.317 e. The Morgan fingerprint density at radius 3 is 3.00 bits per heavy atom. The second kappa shape index (κ2) is 5.39. The average molecular weight is 281 g/mol. The number of carbonyl (C=O) groups is 1. The Hall–Kier alpha value is -1.26. The molecule has 2 amide bonds. The first-order chi connectivity index (χ1) is 9.22. The molecule has 19 heavy (non-hydrogen) atoms. The molecule has 2 fully saturated rings. The highest BCUT2D eigenvalue weighted by molar-refractivity contribution is 6.30. The van der Waals surface area contributed by atoms with Crippen molar-refractivity contribution in [2.24, 2.45) is 0 Å². The lowest BCUT2D eigenvalue weighted by molar-refractivity contribution is -0.0154. The molecule has 1 aliphatic carbocycles. The van der Waals surface area contributed by atoms with E-state index in [2.05, 4.69) is 5.32 Å². The highest BCUT2D eigenvalue weighted by atomic mass is 35.5. The molecule has 3 rings (SSSR count). The minimum Gasteiger partial charge on any atom is -0.370 e. The van der Waals surface area contributed by atoms with Crippen molar-refractivity contribution in [1.29, 1.82) is 0 Å². The van der Waals surface area contributed by atoms with Crippen LogP contribution in [0.2, 0.25) is 5.02 Å². The summed E-state index contributed by atoms with van der Waals surface area (Å²) in [5, 5.41) is 3.71. The maximum absolute atomic E-state index is 12.0. The third-order valence-corrected chi connectivity index (χ3v) is 3.71. The lowest BCUT2D eigenvalue weighted by Gasteiger charge is -2.33. The standard InChI is InChI=1S/C14H17ClN2O2/c15-11-3-1-2-10(8-11)13-9-17(6-7-19-13)14(18)16-12-4-5-12/h1-3,8,12-13H,4-7,9H2,(H,16,18). The van der Waals surface area contributed by atoms with E-state index >= 15 is 0 Å². The first-order valence-electron chi connectivity index (χ1n) is 6.65. The number of morpholine rings is 1. The number of carbonyl (C=O) groups excluding carboxylic acids is 1. The number of ether oxygens (including phenoxy) is 1. The molecule has 1 unspecified atom stereocenters. The summed E-state index contributed by atoms with van der Waals surface area (Å²) in [5.74, 6) is 0. The number of nitrogens with one attached hydrogen (secondary N) is 1. The second-order valence-corrected chi connectivity index (χ2v) is 5.52. The first kappa shape index (κ1) is 12.8. The zero-order chi connectivity index (χ0) is 13.2. The maximum Gasteiger partial charge on any atom is 0.317 e. The molecule has 1 aromatic rings. The van der Waals surface area contributed by atoms with Crippen LogP contribution in [-0.4, -0.2) is 36.7 Å². The Balaban J connectivity index is 1.65. The Morgan fingerprint density at radius 2 is 2.26 bits per heavy atom. The lowest BCUT2D eigenvalue weighted by Crippen LogP contribution is -2.47.